The lowest BCUT2D eigenvalue weighted by atomic mass is 9.89. The van der Waals surface area contributed by atoms with Gasteiger partial charge in [-0.05, 0) is 90.4 Å². The lowest BCUT2D eigenvalue weighted by molar-refractivity contribution is -0.145. The Bertz CT molecular complexity index is 1290. The van der Waals surface area contributed by atoms with E-state index in [0.29, 0.717) is 31.0 Å². The Balaban J connectivity index is 2.05. The fraction of sp³-hybridized carbons (Fsp3) is 0.424. The van der Waals surface area contributed by atoms with E-state index < -0.39 is 23.5 Å². The van der Waals surface area contributed by atoms with Crippen molar-refractivity contribution in [1.82, 2.24) is 4.90 Å². The van der Waals surface area contributed by atoms with Gasteiger partial charge in [-0.3, -0.25) is 9.69 Å². The third-order valence-corrected chi connectivity index (χ3v) is 7.24. The monoisotopic (exact) mass is 591 g/mol. The van der Waals surface area contributed by atoms with E-state index in [1.54, 1.807) is 19.1 Å². The number of carbonyl (C=O) groups is 1. The summed E-state index contributed by atoms with van der Waals surface area (Å²) in [6, 6.07) is 15.6. The van der Waals surface area contributed by atoms with Gasteiger partial charge in [0.2, 0.25) is 0 Å². The summed E-state index contributed by atoms with van der Waals surface area (Å²) in [5.41, 5.74) is 3.07. The largest absolute Gasteiger partial charge is 0.466 e. The molecule has 0 fully saturated rings. The second kappa shape index (κ2) is 14.8. The van der Waals surface area contributed by atoms with Gasteiger partial charge >= 0.3 is 12.1 Å². The van der Waals surface area contributed by atoms with Gasteiger partial charge in [0, 0.05) is 13.1 Å². The number of hydrogen-bond donors (Lipinski definition) is 0. The Kier molecular flexibility index (Phi) is 11.8. The summed E-state index contributed by atoms with van der Waals surface area (Å²) in [4.78, 5) is 15.1. The second-order valence-electron chi connectivity index (χ2n) is 10.8. The molecule has 0 heterocycles. The van der Waals surface area contributed by atoms with Gasteiger partial charge < -0.3 is 4.74 Å². The molecule has 8 heteroatoms. The van der Waals surface area contributed by atoms with Crippen molar-refractivity contribution in [3.8, 4) is 11.1 Å². The standard InChI is InChI=1S/C33H38ClF4NO2/c1-5-7-29(32(40)41-6-2)27-17-24(16-26(19-27)25-9-11-28(12-10-25)33(36,37)38)21-39(15-14-22(3)4)20-23-8-13-30(34)31(35)18-23/h8-13,16-19,22,29H,5-7,14-15,20-21H2,1-4H3. The molecule has 0 saturated heterocycles. The zero-order chi connectivity index (χ0) is 30.2. The average Bonchev–Trinajstić information content (AvgIpc) is 2.92. The number of rotatable bonds is 13. The molecule has 1 atom stereocenters. The molecule has 1 unspecified atom stereocenters. The van der Waals surface area contributed by atoms with Gasteiger partial charge in [0.15, 0.2) is 0 Å². The molecule has 0 amide bonds. The molecule has 0 aliphatic carbocycles. The van der Waals surface area contributed by atoms with Crippen LogP contribution in [0.5, 0.6) is 0 Å². The zero-order valence-corrected chi connectivity index (χ0v) is 24.8. The van der Waals surface area contributed by atoms with Crippen molar-refractivity contribution in [3.05, 3.63) is 93.8 Å². The third-order valence-electron chi connectivity index (χ3n) is 6.93. The molecule has 3 aromatic carbocycles. The van der Waals surface area contributed by atoms with Crippen LogP contribution in [0.15, 0.2) is 60.7 Å². The van der Waals surface area contributed by atoms with Crippen LogP contribution in [0.4, 0.5) is 17.6 Å². The number of halogens is 5. The first-order valence-corrected chi connectivity index (χ1v) is 14.4. The number of alkyl halides is 3. The Labute approximate surface area is 245 Å². The average molecular weight is 592 g/mol. The first-order valence-electron chi connectivity index (χ1n) is 14.1. The van der Waals surface area contributed by atoms with Gasteiger partial charge in [-0.2, -0.15) is 13.2 Å². The molecule has 0 aromatic heterocycles. The molecule has 0 aliphatic rings. The Morgan fingerprint density at radius 2 is 1.59 bits per heavy atom. The van der Waals surface area contributed by atoms with E-state index >= 15 is 0 Å². The van der Waals surface area contributed by atoms with Crippen molar-refractivity contribution in [2.45, 2.75) is 72.1 Å². The summed E-state index contributed by atoms with van der Waals surface area (Å²) < 4.78 is 59.2. The van der Waals surface area contributed by atoms with E-state index in [1.807, 2.05) is 25.1 Å². The molecule has 222 valence electrons. The van der Waals surface area contributed by atoms with E-state index in [4.69, 9.17) is 16.3 Å². The van der Waals surface area contributed by atoms with Gasteiger partial charge in [0.05, 0.1) is 23.1 Å². The summed E-state index contributed by atoms with van der Waals surface area (Å²) in [5.74, 6) is -0.844. The fourth-order valence-corrected chi connectivity index (χ4v) is 4.91. The van der Waals surface area contributed by atoms with E-state index in [-0.39, 0.29) is 17.6 Å². The SMILES string of the molecule is CCCC(C(=O)OCC)c1cc(CN(CCC(C)C)Cc2ccc(Cl)c(F)c2)cc(-c2ccc(C(F)(F)F)cc2)c1. The van der Waals surface area contributed by atoms with E-state index in [9.17, 15) is 22.4 Å². The zero-order valence-electron chi connectivity index (χ0n) is 24.0. The maximum Gasteiger partial charge on any atom is 0.416 e. The first kappa shape index (κ1) is 32.6. The quantitative estimate of drug-likeness (QED) is 0.146. The van der Waals surface area contributed by atoms with Crippen molar-refractivity contribution in [3.63, 3.8) is 0 Å². The molecule has 3 aromatic rings. The van der Waals surface area contributed by atoms with Crippen molar-refractivity contribution in [1.29, 1.82) is 0 Å². The van der Waals surface area contributed by atoms with Gasteiger partial charge in [-0.1, -0.05) is 69.1 Å². The van der Waals surface area contributed by atoms with Crippen LogP contribution in [0, 0.1) is 11.7 Å². The molecular weight excluding hydrogens is 554 g/mol. The molecule has 3 rings (SSSR count). The number of benzene rings is 3. The highest BCUT2D eigenvalue weighted by Crippen LogP contribution is 2.34. The second-order valence-corrected chi connectivity index (χ2v) is 11.2. The fourth-order valence-electron chi connectivity index (χ4n) is 4.79. The summed E-state index contributed by atoms with van der Waals surface area (Å²) in [7, 11) is 0. The van der Waals surface area contributed by atoms with Crippen LogP contribution in [0.3, 0.4) is 0 Å². The van der Waals surface area contributed by atoms with Gasteiger partial charge in [0.1, 0.15) is 5.82 Å². The lowest BCUT2D eigenvalue weighted by Gasteiger charge is -2.25. The minimum absolute atomic E-state index is 0.0669. The van der Waals surface area contributed by atoms with E-state index in [0.717, 1.165) is 53.8 Å². The highest BCUT2D eigenvalue weighted by atomic mass is 35.5. The van der Waals surface area contributed by atoms with Crippen LogP contribution in [-0.4, -0.2) is 24.0 Å². The maximum atomic E-state index is 14.2. The molecule has 0 radical (unpaired) electrons. The number of esters is 1. The predicted octanol–water partition coefficient (Wildman–Crippen LogP) is 9.66. The van der Waals surface area contributed by atoms with Crippen molar-refractivity contribution in [2.24, 2.45) is 5.92 Å². The van der Waals surface area contributed by atoms with Crippen LogP contribution in [-0.2, 0) is 28.8 Å². The highest BCUT2D eigenvalue weighted by molar-refractivity contribution is 6.30. The minimum Gasteiger partial charge on any atom is -0.466 e. The lowest BCUT2D eigenvalue weighted by Crippen LogP contribution is -2.25. The van der Waals surface area contributed by atoms with Gasteiger partial charge in [0.25, 0.3) is 0 Å². The van der Waals surface area contributed by atoms with Crippen molar-refractivity contribution >= 4 is 17.6 Å². The molecule has 3 nitrogen and oxygen atoms in total. The predicted molar refractivity (Wildman–Crippen MR) is 156 cm³/mol. The molecule has 0 aliphatic heterocycles. The molecule has 0 bridgehead atoms. The molecule has 0 N–H and O–H groups in total. The minimum atomic E-state index is -4.43. The number of carbonyl (C=O) groups excluding carboxylic acids is 1. The smallest absolute Gasteiger partial charge is 0.416 e. The maximum absolute atomic E-state index is 14.2. The topological polar surface area (TPSA) is 29.5 Å². The summed E-state index contributed by atoms with van der Waals surface area (Å²) in [6.07, 6.45) is -2.18. The summed E-state index contributed by atoms with van der Waals surface area (Å²) in [5, 5.41) is 0.0669. The van der Waals surface area contributed by atoms with Crippen LogP contribution in [0.2, 0.25) is 5.02 Å². The highest BCUT2D eigenvalue weighted by Gasteiger charge is 2.30. The Morgan fingerprint density at radius 1 is 0.902 bits per heavy atom. The summed E-state index contributed by atoms with van der Waals surface area (Å²) >= 11 is 5.89. The molecule has 41 heavy (non-hydrogen) atoms. The van der Waals surface area contributed by atoms with Crippen LogP contribution < -0.4 is 0 Å². The van der Waals surface area contributed by atoms with Crippen molar-refractivity contribution < 1.29 is 27.1 Å². The van der Waals surface area contributed by atoms with Gasteiger partial charge in [-0.25, -0.2) is 4.39 Å². The van der Waals surface area contributed by atoms with E-state index in [2.05, 4.69) is 18.7 Å². The third kappa shape index (κ3) is 9.57. The molecule has 0 saturated carbocycles. The van der Waals surface area contributed by atoms with Crippen LogP contribution in [0.1, 0.15) is 75.1 Å². The Morgan fingerprint density at radius 3 is 2.17 bits per heavy atom. The van der Waals surface area contributed by atoms with Crippen LogP contribution >= 0.6 is 11.6 Å². The normalized spacial score (nSPS) is 12.7. The number of ether oxygens (including phenoxy) is 1. The number of nitrogens with zero attached hydrogens (tertiary/aromatic N) is 1. The van der Waals surface area contributed by atoms with E-state index in [1.165, 1.54) is 18.2 Å². The summed E-state index contributed by atoms with van der Waals surface area (Å²) in [6.45, 7) is 10.0. The van der Waals surface area contributed by atoms with Gasteiger partial charge in [-0.15, -0.1) is 0 Å². The van der Waals surface area contributed by atoms with Crippen molar-refractivity contribution in [2.75, 3.05) is 13.2 Å². The molecular formula is C33H38ClF4NO2. The Hall–Kier alpha value is -2.90. The first-order chi connectivity index (χ1) is 19.4. The number of hydrogen-bond acceptors (Lipinski definition) is 3. The van der Waals surface area contributed by atoms with Crippen LogP contribution in [0.25, 0.3) is 11.1 Å². The molecule has 0 spiro atoms.